The van der Waals surface area contributed by atoms with Gasteiger partial charge in [-0.1, -0.05) is 11.6 Å². The van der Waals surface area contributed by atoms with Crippen molar-refractivity contribution < 1.29 is 27.7 Å². The van der Waals surface area contributed by atoms with Crippen molar-refractivity contribution in [3.05, 3.63) is 41.1 Å². The second kappa shape index (κ2) is 7.45. The first-order valence-corrected chi connectivity index (χ1v) is 7.29. The lowest BCUT2D eigenvalue weighted by molar-refractivity contribution is -0.129. The summed E-state index contributed by atoms with van der Waals surface area (Å²) in [5.74, 6) is -0.329. The monoisotopic (exact) mass is 320 g/mol. The summed E-state index contributed by atoms with van der Waals surface area (Å²) in [7, 11) is -1.34. The third kappa shape index (κ3) is 5.35. The number of esters is 1. The summed E-state index contributed by atoms with van der Waals surface area (Å²) in [6, 6.07) is 6.25. The Morgan fingerprint density at radius 3 is 2.25 bits per heavy atom. The number of carbonyl (C=O) groups excluding carboxylic acids is 1. The SMILES string of the molecule is COP(=O)(OC)O/C(C)=C/C(=O)Oc1ccc(Cl)cc1. The quantitative estimate of drug-likeness (QED) is 0.262. The van der Waals surface area contributed by atoms with Gasteiger partial charge in [-0.3, -0.25) is 9.05 Å². The predicted octanol–water partition coefficient (Wildman–Crippen LogP) is 3.57. The first kappa shape index (κ1) is 16.7. The first-order chi connectivity index (χ1) is 9.38. The molecule has 0 bridgehead atoms. The van der Waals surface area contributed by atoms with Gasteiger partial charge < -0.3 is 9.26 Å². The Bertz CT molecular complexity index is 531. The number of hydrogen-bond acceptors (Lipinski definition) is 6. The van der Waals surface area contributed by atoms with Gasteiger partial charge >= 0.3 is 13.8 Å². The van der Waals surface area contributed by atoms with E-state index in [-0.39, 0.29) is 5.76 Å². The molecule has 0 saturated heterocycles. The first-order valence-electron chi connectivity index (χ1n) is 5.45. The number of ether oxygens (including phenoxy) is 1. The summed E-state index contributed by atoms with van der Waals surface area (Å²) in [6.45, 7) is 1.42. The number of phosphoric ester groups is 1. The number of allylic oxidation sites excluding steroid dienone is 1. The van der Waals surface area contributed by atoms with Gasteiger partial charge in [0, 0.05) is 19.2 Å². The van der Waals surface area contributed by atoms with Crippen LogP contribution in [0.25, 0.3) is 0 Å². The van der Waals surface area contributed by atoms with E-state index < -0.39 is 13.8 Å². The summed E-state index contributed by atoms with van der Waals surface area (Å²) in [5, 5.41) is 0.529. The van der Waals surface area contributed by atoms with Gasteiger partial charge in [0.15, 0.2) is 0 Å². The predicted molar refractivity (Wildman–Crippen MR) is 73.6 cm³/mol. The second-order valence-corrected chi connectivity index (χ2v) is 5.78. The Morgan fingerprint density at radius 2 is 1.75 bits per heavy atom. The molecule has 0 aliphatic rings. The van der Waals surface area contributed by atoms with E-state index in [1.54, 1.807) is 24.3 Å². The average molecular weight is 321 g/mol. The van der Waals surface area contributed by atoms with Crippen LogP contribution in [0.1, 0.15) is 6.92 Å². The van der Waals surface area contributed by atoms with E-state index >= 15 is 0 Å². The van der Waals surface area contributed by atoms with Crippen molar-refractivity contribution in [1.82, 2.24) is 0 Å². The van der Waals surface area contributed by atoms with Gasteiger partial charge in [0.1, 0.15) is 11.5 Å². The molecule has 0 saturated carbocycles. The Labute approximate surface area is 121 Å². The van der Waals surface area contributed by atoms with Crippen LogP contribution in [0.3, 0.4) is 0 Å². The Morgan fingerprint density at radius 1 is 1.20 bits per heavy atom. The van der Waals surface area contributed by atoms with E-state index in [1.165, 1.54) is 21.1 Å². The molecule has 1 aromatic carbocycles. The van der Waals surface area contributed by atoms with E-state index in [0.717, 1.165) is 6.08 Å². The van der Waals surface area contributed by atoms with Crippen LogP contribution < -0.4 is 4.74 Å². The molecular weight excluding hydrogens is 307 g/mol. The van der Waals surface area contributed by atoms with Crippen molar-refractivity contribution in [2.24, 2.45) is 0 Å². The minimum atomic E-state index is -3.68. The van der Waals surface area contributed by atoms with E-state index in [2.05, 4.69) is 9.05 Å². The van der Waals surface area contributed by atoms with E-state index in [1.807, 2.05) is 0 Å². The summed E-state index contributed by atoms with van der Waals surface area (Å²) >= 11 is 5.71. The van der Waals surface area contributed by atoms with Crippen LogP contribution in [0.4, 0.5) is 0 Å². The molecule has 0 unspecified atom stereocenters. The normalized spacial score (nSPS) is 12.1. The molecule has 0 radical (unpaired) electrons. The molecule has 1 aromatic rings. The number of phosphoric acid groups is 1. The van der Waals surface area contributed by atoms with Crippen LogP contribution in [0, 0.1) is 0 Å². The van der Waals surface area contributed by atoms with Crippen LogP contribution in [0.15, 0.2) is 36.1 Å². The fraction of sp³-hybridized carbons (Fsp3) is 0.250. The fourth-order valence-corrected chi connectivity index (χ4v) is 2.00. The minimum Gasteiger partial charge on any atom is -0.423 e. The van der Waals surface area contributed by atoms with E-state index in [9.17, 15) is 9.36 Å². The highest BCUT2D eigenvalue weighted by atomic mass is 35.5. The molecule has 0 fully saturated rings. The molecule has 0 aromatic heterocycles. The molecule has 0 N–H and O–H groups in total. The number of rotatable bonds is 6. The zero-order valence-electron chi connectivity index (χ0n) is 11.2. The lowest BCUT2D eigenvalue weighted by Gasteiger charge is -2.14. The summed E-state index contributed by atoms with van der Waals surface area (Å²) in [4.78, 5) is 11.6. The third-order valence-corrected chi connectivity index (χ3v) is 3.71. The topological polar surface area (TPSA) is 71.1 Å². The highest BCUT2D eigenvalue weighted by Crippen LogP contribution is 2.49. The summed E-state index contributed by atoms with van der Waals surface area (Å²) in [5.41, 5.74) is 0. The molecule has 1 rings (SSSR count). The van der Waals surface area contributed by atoms with Crippen molar-refractivity contribution >= 4 is 25.4 Å². The van der Waals surface area contributed by atoms with E-state index in [0.29, 0.717) is 10.8 Å². The molecule has 0 atom stereocenters. The maximum atomic E-state index is 11.7. The van der Waals surface area contributed by atoms with Gasteiger partial charge in [-0.2, -0.15) is 0 Å². The number of carbonyl (C=O) groups is 1. The van der Waals surface area contributed by atoms with Crippen molar-refractivity contribution in [1.29, 1.82) is 0 Å². The average Bonchev–Trinajstić information content (AvgIpc) is 2.41. The van der Waals surface area contributed by atoms with Crippen molar-refractivity contribution in [2.45, 2.75) is 6.92 Å². The largest absolute Gasteiger partial charge is 0.529 e. The van der Waals surface area contributed by atoms with Crippen molar-refractivity contribution in [2.75, 3.05) is 14.2 Å². The lowest BCUT2D eigenvalue weighted by Crippen LogP contribution is -2.05. The molecule has 6 nitrogen and oxygen atoms in total. The second-order valence-electron chi connectivity index (χ2n) is 3.53. The van der Waals surface area contributed by atoms with Crippen LogP contribution in [-0.2, 0) is 22.9 Å². The number of halogens is 1. The third-order valence-electron chi connectivity index (χ3n) is 2.06. The van der Waals surface area contributed by atoms with Crippen LogP contribution in [0.5, 0.6) is 5.75 Å². The standard InChI is InChI=1S/C12H14ClO6P/c1-9(19-20(15,16-2)17-3)8-12(14)18-11-6-4-10(13)5-7-11/h4-8H,1-3H3/b9-8+. The van der Waals surface area contributed by atoms with Gasteiger partial charge in [0.25, 0.3) is 0 Å². The molecule has 8 heteroatoms. The highest BCUT2D eigenvalue weighted by Gasteiger charge is 2.24. The van der Waals surface area contributed by atoms with Crippen LogP contribution in [0.2, 0.25) is 5.02 Å². The Kier molecular flexibility index (Phi) is 6.23. The molecule has 0 aliphatic carbocycles. The summed E-state index contributed by atoms with van der Waals surface area (Å²) in [6.07, 6.45) is 1.03. The van der Waals surface area contributed by atoms with Gasteiger partial charge in [0.05, 0.1) is 6.08 Å². The Hall–Kier alpha value is -1.33. The van der Waals surface area contributed by atoms with Gasteiger partial charge in [0.2, 0.25) is 0 Å². The minimum absolute atomic E-state index is 0.0380. The smallest absolute Gasteiger partial charge is 0.423 e. The molecule has 0 heterocycles. The Balaban J connectivity index is 2.66. The molecule has 110 valence electrons. The maximum Gasteiger partial charge on any atom is 0.529 e. The van der Waals surface area contributed by atoms with Crippen LogP contribution >= 0.6 is 19.4 Å². The summed E-state index contributed by atoms with van der Waals surface area (Å²) < 4.78 is 30.7. The molecule has 20 heavy (non-hydrogen) atoms. The van der Waals surface area contributed by atoms with Gasteiger partial charge in [-0.15, -0.1) is 0 Å². The van der Waals surface area contributed by atoms with Gasteiger partial charge in [-0.25, -0.2) is 9.36 Å². The maximum absolute atomic E-state index is 11.7. The molecule has 0 amide bonds. The highest BCUT2D eigenvalue weighted by molar-refractivity contribution is 7.48. The fourth-order valence-electron chi connectivity index (χ4n) is 1.17. The lowest BCUT2D eigenvalue weighted by atomic mass is 10.3. The number of hydrogen-bond donors (Lipinski definition) is 0. The van der Waals surface area contributed by atoms with Crippen molar-refractivity contribution in [3.8, 4) is 5.75 Å². The zero-order valence-corrected chi connectivity index (χ0v) is 12.8. The van der Waals surface area contributed by atoms with Crippen LogP contribution in [-0.4, -0.2) is 20.2 Å². The van der Waals surface area contributed by atoms with Crippen molar-refractivity contribution in [3.63, 3.8) is 0 Å². The molecule has 0 spiro atoms. The van der Waals surface area contributed by atoms with E-state index in [4.69, 9.17) is 20.9 Å². The van der Waals surface area contributed by atoms with Gasteiger partial charge in [-0.05, 0) is 31.2 Å². The zero-order chi connectivity index (χ0) is 15.2. The molecule has 0 aliphatic heterocycles. The molecular formula is C12H14ClO6P. The number of benzene rings is 1.